The molecule has 1 unspecified atom stereocenters. The van der Waals surface area contributed by atoms with E-state index in [2.05, 4.69) is 26.7 Å². The molecule has 3 aromatic rings. The van der Waals surface area contributed by atoms with Crippen LogP contribution >= 0.6 is 0 Å². The molecular formula is C18H18N4O. The average Bonchev–Trinajstić information content (AvgIpc) is 3.21. The summed E-state index contributed by atoms with van der Waals surface area (Å²) in [5.41, 5.74) is 3.94. The third-order valence-electron chi connectivity index (χ3n) is 4.44. The fraction of sp³-hybridized carbons (Fsp3) is 0.167. The van der Waals surface area contributed by atoms with E-state index in [0.717, 1.165) is 28.2 Å². The predicted octanol–water partition coefficient (Wildman–Crippen LogP) is 3.91. The van der Waals surface area contributed by atoms with Crippen molar-refractivity contribution >= 4 is 17.0 Å². The summed E-state index contributed by atoms with van der Waals surface area (Å²) >= 11 is 0. The van der Waals surface area contributed by atoms with Crippen LogP contribution in [0.2, 0.25) is 0 Å². The zero-order chi connectivity index (χ0) is 16.0. The van der Waals surface area contributed by atoms with Crippen molar-refractivity contribution in [1.82, 2.24) is 14.5 Å². The average molecular weight is 306 g/mol. The fourth-order valence-corrected chi connectivity index (χ4v) is 2.86. The molecule has 0 fully saturated rings. The molecule has 5 heteroatoms. The molecule has 0 saturated carbocycles. The summed E-state index contributed by atoms with van der Waals surface area (Å²) in [4.78, 5) is 10.1. The van der Waals surface area contributed by atoms with Crippen LogP contribution in [0.3, 0.4) is 0 Å². The lowest BCUT2D eigenvalue weighted by molar-refractivity contribution is 0.416. The van der Waals surface area contributed by atoms with Crippen molar-refractivity contribution in [2.75, 3.05) is 4.90 Å². The lowest BCUT2D eigenvalue weighted by Crippen LogP contribution is -2.32. The number of H-pyrrole nitrogens is 1. The number of aliphatic hydroxyl groups excluding tert-OH is 1. The minimum Gasteiger partial charge on any atom is -0.508 e. The minimum absolute atomic E-state index is 0.0597. The van der Waals surface area contributed by atoms with Crippen LogP contribution in [-0.4, -0.2) is 25.7 Å². The van der Waals surface area contributed by atoms with E-state index in [1.165, 1.54) is 0 Å². The van der Waals surface area contributed by atoms with Gasteiger partial charge in [0.15, 0.2) is 0 Å². The van der Waals surface area contributed by atoms with Gasteiger partial charge in [-0.05, 0) is 55.8 Å². The molecule has 116 valence electrons. The van der Waals surface area contributed by atoms with E-state index < -0.39 is 0 Å². The van der Waals surface area contributed by atoms with Crippen molar-refractivity contribution in [3.05, 3.63) is 66.3 Å². The first-order valence-electron chi connectivity index (χ1n) is 7.63. The van der Waals surface area contributed by atoms with Crippen molar-refractivity contribution in [2.24, 2.45) is 0 Å². The summed E-state index contributed by atoms with van der Waals surface area (Å²) in [5, 5.41) is 9.83. The second-order valence-corrected chi connectivity index (χ2v) is 5.82. The van der Waals surface area contributed by atoms with Crippen LogP contribution in [-0.2, 0) is 0 Å². The number of nitrogens with zero attached hydrogens (tertiary/aromatic N) is 3. The Balaban J connectivity index is 1.74. The summed E-state index contributed by atoms with van der Waals surface area (Å²) < 4.78 is 2.06. The third kappa shape index (κ3) is 2.21. The number of anilines is 1. The van der Waals surface area contributed by atoms with E-state index in [9.17, 15) is 5.11 Å². The molecule has 0 bridgehead atoms. The van der Waals surface area contributed by atoms with Crippen LogP contribution in [0.25, 0.3) is 16.7 Å². The zero-order valence-corrected chi connectivity index (χ0v) is 13.1. The second-order valence-electron chi connectivity index (χ2n) is 5.82. The van der Waals surface area contributed by atoms with Gasteiger partial charge in [-0.2, -0.15) is 0 Å². The highest BCUT2D eigenvalue weighted by molar-refractivity contribution is 5.80. The lowest BCUT2D eigenvalue weighted by atomic mass is 10.1. The third-order valence-corrected chi connectivity index (χ3v) is 4.44. The van der Waals surface area contributed by atoms with E-state index in [1.54, 1.807) is 6.08 Å². The first-order chi connectivity index (χ1) is 11.1. The van der Waals surface area contributed by atoms with Gasteiger partial charge in [0, 0.05) is 24.3 Å². The molecule has 0 aliphatic carbocycles. The van der Waals surface area contributed by atoms with Gasteiger partial charge in [-0.15, -0.1) is 0 Å². The van der Waals surface area contributed by atoms with E-state index in [4.69, 9.17) is 0 Å². The summed E-state index contributed by atoms with van der Waals surface area (Å²) in [7, 11) is 0. The molecule has 2 aromatic heterocycles. The van der Waals surface area contributed by atoms with Crippen LogP contribution in [0.5, 0.6) is 0 Å². The first kappa shape index (κ1) is 13.7. The van der Waals surface area contributed by atoms with Gasteiger partial charge in [-0.1, -0.05) is 0 Å². The number of imidazole rings is 1. The Morgan fingerprint density at radius 2 is 2.00 bits per heavy atom. The summed E-state index contributed by atoms with van der Waals surface area (Å²) in [6.45, 7) is 3.98. The van der Waals surface area contributed by atoms with Crippen LogP contribution in [0, 0.1) is 0 Å². The Hall–Kier alpha value is -2.95. The monoisotopic (exact) mass is 306 g/mol. The Bertz CT molecular complexity index is 918. The molecule has 1 aliphatic heterocycles. The van der Waals surface area contributed by atoms with E-state index >= 15 is 0 Å². The number of aromatic nitrogens is 3. The quantitative estimate of drug-likeness (QED) is 0.755. The number of hydrogen-bond donors (Lipinski definition) is 2. The number of aromatic amines is 1. The number of aliphatic hydroxyl groups is 1. The molecule has 5 nitrogen and oxygen atoms in total. The Morgan fingerprint density at radius 3 is 2.78 bits per heavy atom. The largest absolute Gasteiger partial charge is 0.508 e. The molecule has 1 aliphatic rings. The SMILES string of the molecule is CC1=C(O)C=CN(c2nc3ccc(-n4cccc4)cc3[nH]2)C1C. The number of nitrogens with one attached hydrogen (secondary N) is 1. The maximum absolute atomic E-state index is 9.83. The topological polar surface area (TPSA) is 57.1 Å². The molecule has 23 heavy (non-hydrogen) atoms. The van der Waals surface area contributed by atoms with Gasteiger partial charge in [0.05, 0.1) is 17.1 Å². The number of hydrogen-bond acceptors (Lipinski definition) is 3. The van der Waals surface area contributed by atoms with Crippen LogP contribution in [0.4, 0.5) is 5.95 Å². The highest BCUT2D eigenvalue weighted by Crippen LogP contribution is 2.27. The van der Waals surface area contributed by atoms with E-state index in [-0.39, 0.29) is 6.04 Å². The molecule has 2 N–H and O–H groups in total. The van der Waals surface area contributed by atoms with Crippen molar-refractivity contribution in [3.63, 3.8) is 0 Å². The fourth-order valence-electron chi connectivity index (χ4n) is 2.86. The summed E-state index contributed by atoms with van der Waals surface area (Å²) in [6.07, 6.45) is 7.60. The van der Waals surface area contributed by atoms with Gasteiger partial charge >= 0.3 is 0 Å². The molecule has 0 amide bonds. The molecule has 0 radical (unpaired) electrons. The Kier molecular flexibility index (Phi) is 3.01. The van der Waals surface area contributed by atoms with Crippen LogP contribution in [0.1, 0.15) is 13.8 Å². The van der Waals surface area contributed by atoms with Crippen LogP contribution < -0.4 is 4.90 Å². The molecule has 1 aromatic carbocycles. The van der Waals surface area contributed by atoms with Crippen molar-refractivity contribution in [3.8, 4) is 5.69 Å². The van der Waals surface area contributed by atoms with Gasteiger partial charge in [0.25, 0.3) is 0 Å². The smallest absolute Gasteiger partial charge is 0.208 e. The van der Waals surface area contributed by atoms with Gasteiger partial charge in [0.1, 0.15) is 5.76 Å². The van der Waals surface area contributed by atoms with Crippen LogP contribution in [0.15, 0.2) is 66.3 Å². The van der Waals surface area contributed by atoms with Crippen molar-refractivity contribution in [1.29, 1.82) is 0 Å². The lowest BCUT2D eigenvalue weighted by Gasteiger charge is -2.29. The highest BCUT2D eigenvalue weighted by atomic mass is 16.3. The van der Waals surface area contributed by atoms with E-state index in [1.807, 2.05) is 55.5 Å². The normalized spacial score (nSPS) is 18.2. The number of allylic oxidation sites excluding steroid dienone is 1. The summed E-state index contributed by atoms with van der Waals surface area (Å²) in [5.74, 6) is 1.11. The maximum Gasteiger partial charge on any atom is 0.208 e. The predicted molar refractivity (Wildman–Crippen MR) is 91.8 cm³/mol. The van der Waals surface area contributed by atoms with Gasteiger partial charge < -0.3 is 19.6 Å². The van der Waals surface area contributed by atoms with Gasteiger partial charge in [-0.3, -0.25) is 0 Å². The number of benzene rings is 1. The van der Waals surface area contributed by atoms with E-state index in [0.29, 0.717) is 5.76 Å². The number of rotatable bonds is 2. The highest BCUT2D eigenvalue weighted by Gasteiger charge is 2.22. The molecule has 3 heterocycles. The zero-order valence-electron chi connectivity index (χ0n) is 13.1. The molecular weight excluding hydrogens is 288 g/mol. The minimum atomic E-state index is 0.0597. The second kappa shape index (κ2) is 5.05. The van der Waals surface area contributed by atoms with Crippen molar-refractivity contribution in [2.45, 2.75) is 19.9 Å². The molecule has 1 atom stereocenters. The molecule has 0 spiro atoms. The summed E-state index contributed by atoms with van der Waals surface area (Å²) in [6, 6.07) is 10.2. The Morgan fingerprint density at radius 1 is 1.22 bits per heavy atom. The van der Waals surface area contributed by atoms with Crippen molar-refractivity contribution < 1.29 is 5.11 Å². The van der Waals surface area contributed by atoms with Gasteiger partial charge in [0.2, 0.25) is 5.95 Å². The first-order valence-corrected chi connectivity index (χ1v) is 7.63. The Labute approximate surface area is 134 Å². The maximum atomic E-state index is 9.83. The molecule has 4 rings (SSSR count). The van der Waals surface area contributed by atoms with Gasteiger partial charge in [-0.25, -0.2) is 4.98 Å². The standard InChI is InChI=1S/C18H18N4O/c1-12-13(2)22(10-7-17(12)23)18-19-15-6-5-14(11-16(15)20-18)21-8-3-4-9-21/h3-11,13,23H,1-2H3,(H,19,20). The number of fused-ring (bicyclic) bond motifs is 1. The molecule has 0 saturated heterocycles.